The largest absolute Gasteiger partial charge is 0.496 e. The van der Waals surface area contributed by atoms with Crippen molar-refractivity contribution in [3.8, 4) is 5.75 Å². The Morgan fingerprint density at radius 1 is 1.25 bits per heavy atom. The van der Waals surface area contributed by atoms with Gasteiger partial charge in [0.05, 0.1) is 13.7 Å². The highest BCUT2D eigenvalue weighted by Gasteiger charge is 2.06. The van der Waals surface area contributed by atoms with Gasteiger partial charge < -0.3 is 14.8 Å². The van der Waals surface area contributed by atoms with Crippen LogP contribution in [0.4, 0.5) is 0 Å². The normalized spacial score (nSPS) is 12.4. The third kappa shape index (κ3) is 4.21. The lowest BCUT2D eigenvalue weighted by molar-refractivity contribution is 0.196. The SMILES string of the molecule is COCCNC(C)Cc1ccccc1OC. The topological polar surface area (TPSA) is 30.5 Å². The van der Waals surface area contributed by atoms with E-state index in [4.69, 9.17) is 9.47 Å². The highest BCUT2D eigenvalue weighted by atomic mass is 16.5. The van der Waals surface area contributed by atoms with E-state index in [1.165, 1.54) is 5.56 Å². The minimum absolute atomic E-state index is 0.423. The third-order valence-electron chi connectivity index (χ3n) is 2.52. The van der Waals surface area contributed by atoms with Crippen molar-refractivity contribution in [3.63, 3.8) is 0 Å². The second kappa shape index (κ2) is 7.25. The molecule has 1 atom stereocenters. The maximum atomic E-state index is 5.32. The molecule has 0 aliphatic rings. The maximum absolute atomic E-state index is 5.32. The van der Waals surface area contributed by atoms with Crippen molar-refractivity contribution in [2.75, 3.05) is 27.4 Å². The molecule has 3 nitrogen and oxygen atoms in total. The van der Waals surface area contributed by atoms with Crippen molar-refractivity contribution in [1.82, 2.24) is 5.32 Å². The van der Waals surface area contributed by atoms with E-state index >= 15 is 0 Å². The molecule has 0 aliphatic carbocycles. The van der Waals surface area contributed by atoms with Gasteiger partial charge in [0.2, 0.25) is 0 Å². The average molecular weight is 223 g/mol. The Morgan fingerprint density at radius 2 is 2.00 bits per heavy atom. The summed E-state index contributed by atoms with van der Waals surface area (Å²) in [6, 6.07) is 8.56. The molecule has 0 bridgehead atoms. The monoisotopic (exact) mass is 223 g/mol. The molecule has 1 N–H and O–H groups in total. The van der Waals surface area contributed by atoms with Gasteiger partial charge >= 0.3 is 0 Å². The molecule has 0 saturated carbocycles. The summed E-state index contributed by atoms with van der Waals surface area (Å²) < 4.78 is 10.3. The molecule has 0 radical (unpaired) electrons. The van der Waals surface area contributed by atoms with Crippen molar-refractivity contribution in [1.29, 1.82) is 0 Å². The Hall–Kier alpha value is -1.06. The maximum Gasteiger partial charge on any atom is 0.122 e. The molecule has 3 heteroatoms. The highest BCUT2D eigenvalue weighted by molar-refractivity contribution is 5.33. The summed E-state index contributed by atoms with van der Waals surface area (Å²) >= 11 is 0. The lowest BCUT2D eigenvalue weighted by atomic mass is 10.1. The molecule has 1 unspecified atom stereocenters. The Morgan fingerprint density at radius 3 is 2.69 bits per heavy atom. The minimum Gasteiger partial charge on any atom is -0.496 e. The number of benzene rings is 1. The number of rotatable bonds is 7. The Balaban J connectivity index is 2.45. The van der Waals surface area contributed by atoms with E-state index in [0.29, 0.717) is 6.04 Å². The lowest BCUT2D eigenvalue weighted by Crippen LogP contribution is -2.31. The number of nitrogens with one attached hydrogen (secondary N) is 1. The van der Waals surface area contributed by atoms with Gasteiger partial charge in [-0.3, -0.25) is 0 Å². The minimum atomic E-state index is 0.423. The summed E-state index contributed by atoms with van der Waals surface area (Å²) in [6.07, 6.45) is 0.966. The second-order valence-electron chi connectivity index (χ2n) is 3.86. The Kier molecular flexibility index (Phi) is 5.90. The molecule has 1 rings (SSSR count). The van der Waals surface area contributed by atoms with Gasteiger partial charge in [-0.25, -0.2) is 0 Å². The van der Waals surface area contributed by atoms with Crippen LogP contribution in [0.15, 0.2) is 24.3 Å². The first-order valence-corrected chi connectivity index (χ1v) is 5.62. The Bertz CT molecular complexity index is 302. The van der Waals surface area contributed by atoms with Crippen molar-refractivity contribution in [3.05, 3.63) is 29.8 Å². The highest BCUT2D eigenvalue weighted by Crippen LogP contribution is 2.18. The summed E-state index contributed by atoms with van der Waals surface area (Å²) in [7, 11) is 3.43. The van der Waals surface area contributed by atoms with E-state index in [0.717, 1.165) is 25.3 Å². The number of para-hydroxylation sites is 1. The van der Waals surface area contributed by atoms with Crippen molar-refractivity contribution in [2.45, 2.75) is 19.4 Å². The first-order chi connectivity index (χ1) is 7.77. The first kappa shape index (κ1) is 13.0. The van der Waals surface area contributed by atoms with Gasteiger partial charge in [-0.05, 0) is 25.0 Å². The van der Waals surface area contributed by atoms with Crippen LogP contribution in [-0.2, 0) is 11.2 Å². The van der Waals surface area contributed by atoms with Gasteiger partial charge in [-0.1, -0.05) is 18.2 Å². The smallest absolute Gasteiger partial charge is 0.122 e. The number of hydrogen-bond donors (Lipinski definition) is 1. The lowest BCUT2D eigenvalue weighted by Gasteiger charge is -2.15. The summed E-state index contributed by atoms with van der Waals surface area (Å²) in [6.45, 7) is 3.80. The molecule has 1 aromatic rings. The zero-order valence-corrected chi connectivity index (χ0v) is 10.3. The van der Waals surface area contributed by atoms with Gasteiger partial charge in [0.1, 0.15) is 5.75 Å². The van der Waals surface area contributed by atoms with Crippen LogP contribution in [0.5, 0.6) is 5.75 Å². The second-order valence-corrected chi connectivity index (χ2v) is 3.86. The summed E-state index contributed by atoms with van der Waals surface area (Å²) in [5.74, 6) is 0.961. The number of methoxy groups -OCH3 is 2. The van der Waals surface area contributed by atoms with E-state index in [-0.39, 0.29) is 0 Å². The van der Waals surface area contributed by atoms with Crippen molar-refractivity contribution < 1.29 is 9.47 Å². The molecule has 0 fully saturated rings. The molecule has 1 aromatic carbocycles. The van der Waals surface area contributed by atoms with Gasteiger partial charge in [0.15, 0.2) is 0 Å². The van der Waals surface area contributed by atoms with E-state index < -0.39 is 0 Å². The van der Waals surface area contributed by atoms with E-state index in [9.17, 15) is 0 Å². The third-order valence-corrected chi connectivity index (χ3v) is 2.52. The number of ether oxygens (including phenoxy) is 2. The fraction of sp³-hybridized carbons (Fsp3) is 0.538. The Labute approximate surface area is 97.8 Å². The quantitative estimate of drug-likeness (QED) is 0.716. The fourth-order valence-corrected chi connectivity index (χ4v) is 1.68. The summed E-state index contributed by atoms with van der Waals surface area (Å²) in [5, 5.41) is 3.40. The average Bonchev–Trinajstić information content (AvgIpc) is 2.30. The molecule has 0 aliphatic heterocycles. The first-order valence-electron chi connectivity index (χ1n) is 5.62. The van der Waals surface area contributed by atoms with E-state index in [2.05, 4.69) is 18.3 Å². The summed E-state index contributed by atoms with van der Waals surface area (Å²) in [5.41, 5.74) is 1.24. The molecule has 90 valence electrons. The van der Waals surface area contributed by atoms with Gasteiger partial charge in [0.25, 0.3) is 0 Å². The van der Waals surface area contributed by atoms with E-state index in [1.54, 1.807) is 14.2 Å². The van der Waals surface area contributed by atoms with Gasteiger partial charge in [0, 0.05) is 19.7 Å². The molecule has 0 amide bonds. The standard InChI is InChI=1S/C13H21NO2/c1-11(14-8-9-15-2)10-12-6-4-5-7-13(12)16-3/h4-7,11,14H,8-10H2,1-3H3. The predicted molar refractivity (Wildman–Crippen MR) is 66.0 cm³/mol. The van der Waals surface area contributed by atoms with Gasteiger partial charge in [-0.2, -0.15) is 0 Å². The molecule has 0 heterocycles. The molecular formula is C13H21NO2. The molecule has 0 spiro atoms. The van der Waals surface area contributed by atoms with Crippen LogP contribution in [0, 0.1) is 0 Å². The zero-order chi connectivity index (χ0) is 11.8. The molecule has 16 heavy (non-hydrogen) atoms. The van der Waals surface area contributed by atoms with Gasteiger partial charge in [-0.15, -0.1) is 0 Å². The van der Waals surface area contributed by atoms with Crippen molar-refractivity contribution in [2.24, 2.45) is 0 Å². The molecule has 0 aromatic heterocycles. The predicted octanol–water partition coefficient (Wildman–Crippen LogP) is 1.86. The zero-order valence-electron chi connectivity index (χ0n) is 10.3. The van der Waals surface area contributed by atoms with Crippen LogP contribution in [0.1, 0.15) is 12.5 Å². The van der Waals surface area contributed by atoms with Crippen LogP contribution in [0.3, 0.4) is 0 Å². The van der Waals surface area contributed by atoms with Crippen LogP contribution in [0.2, 0.25) is 0 Å². The van der Waals surface area contributed by atoms with Crippen molar-refractivity contribution >= 4 is 0 Å². The van der Waals surface area contributed by atoms with Crippen LogP contribution in [0.25, 0.3) is 0 Å². The van der Waals surface area contributed by atoms with Crippen LogP contribution >= 0.6 is 0 Å². The van der Waals surface area contributed by atoms with E-state index in [1.807, 2.05) is 18.2 Å². The van der Waals surface area contributed by atoms with Crippen LogP contribution in [-0.4, -0.2) is 33.4 Å². The molecular weight excluding hydrogens is 202 g/mol. The molecule has 0 saturated heterocycles. The summed E-state index contributed by atoms with van der Waals surface area (Å²) in [4.78, 5) is 0. The van der Waals surface area contributed by atoms with Crippen LogP contribution < -0.4 is 10.1 Å². The fourth-order valence-electron chi connectivity index (χ4n) is 1.68. The number of hydrogen-bond acceptors (Lipinski definition) is 3.